The highest BCUT2D eigenvalue weighted by Crippen LogP contribution is 2.07. The molecule has 0 rings (SSSR count). The number of nitrogens with one attached hydrogen (secondary N) is 2. The summed E-state index contributed by atoms with van der Waals surface area (Å²) in [6, 6.07) is 0. The second-order valence-electron chi connectivity index (χ2n) is 8.09. The van der Waals surface area contributed by atoms with E-state index in [2.05, 4.69) is 20.1 Å². The lowest BCUT2D eigenvalue weighted by molar-refractivity contribution is -0.141. The van der Waals surface area contributed by atoms with Gasteiger partial charge < -0.3 is 20.1 Å². The molecule has 0 aliphatic rings. The van der Waals surface area contributed by atoms with Gasteiger partial charge in [0.2, 0.25) is 11.8 Å². The SMILES string of the molecule is COC(=O)CCCCCCC(=O)NCCCCCCNC(=O)CCCCCCC(=O)OC. The van der Waals surface area contributed by atoms with Crippen molar-refractivity contribution >= 4 is 23.8 Å². The average molecular weight is 457 g/mol. The molecular formula is C24H44N2O6. The minimum Gasteiger partial charge on any atom is -0.469 e. The van der Waals surface area contributed by atoms with Gasteiger partial charge in [0.25, 0.3) is 0 Å². The number of rotatable bonds is 21. The molecule has 0 fully saturated rings. The van der Waals surface area contributed by atoms with Crippen molar-refractivity contribution in [3.8, 4) is 0 Å². The molecule has 186 valence electrons. The maximum atomic E-state index is 11.8. The number of hydrogen-bond donors (Lipinski definition) is 2. The van der Waals surface area contributed by atoms with Gasteiger partial charge in [-0.15, -0.1) is 0 Å². The third kappa shape index (κ3) is 21.1. The van der Waals surface area contributed by atoms with Crippen LogP contribution in [0.4, 0.5) is 0 Å². The summed E-state index contributed by atoms with van der Waals surface area (Å²) in [4.78, 5) is 45.5. The van der Waals surface area contributed by atoms with Gasteiger partial charge in [0.1, 0.15) is 0 Å². The largest absolute Gasteiger partial charge is 0.469 e. The highest BCUT2D eigenvalue weighted by Gasteiger charge is 2.04. The Hall–Kier alpha value is -2.12. The molecule has 0 unspecified atom stereocenters. The molecule has 0 radical (unpaired) electrons. The molecule has 0 heterocycles. The summed E-state index contributed by atoms with van der Waals surface area (Å²) in [7, 11) is 2.79. The molecule has 0 aliphatic heterocycles. The van der Waals surface area contributed by atoms with Crippen LogP contribution in [-0.2, 0) is 28.7 Å². The summed E-state index contributed by atoms with van der Waals surface area (Å²) in [5, 5.41) is 5.90. The van der Waals surface area contributed by atoms with Crippen LogP contribution >= 0.6 is 0 Å². The molecule has 8 nitrogen and oxygen atoms in total. The van der Waals surface area contributed by atoms with Crippen LogP contribution in [-0.4, -0.2) is 51.1 Å². The monoisotopic (exact) mass is 456 g/mol. The van der Waals surface area contributed by atoms with Crippen LogP contribution in [0.1, 0.15) is 103 Å². The molecule has 0 aliphatic carbocycles. The number of unbranched alkanes of at least 4 members (excludes halogenated alkanes) is 9. The molecule has 2 N–H and O–H groups in total. The first-order chi connectivity index (χ1) is 15.5. The molecule has 0 spiro atoms. The highest BCUT2D eigenvalue weighted by molar-refractivity contribution is 5.76. The van der Waals surface area contributed by atoms with Gasteiger partial charge in [0.05, 0.1) is 14.2 Å². The fourth-order valence-corrected chi connectivity index (χ4v) is 3.26. The number of carbonyl (C=O) groups excluding carboxylic acids is 4. The Labute approximate surface area is 193 Å². The van der Waals surface area contributed by atoms with Crippen LogP contribution in [0.5, 0.6) is 0 Å². The van der Waals surface area contributed by atoms with E-state index in [-0.39, 0.29) is 23.8 Å². The Bertz CT molecular complexity index is 479. The van der Waals surface area contributed by atoms with Crippen LogP contribution in [0.3, 0.4) is 0 Å². The third-order valence-corrected chi connectivity index (χ3v) is 5.27. The smallest absolute Gasteiger partial charge is 0.305 e. The Balaban J connectivity index is 3.33. The van der Waals surface area contributed by atoms with Crippen molar-refractivity contribution in [3.63, 3.8) is 0 Å². The van der Waals surface area contributed by atoms with Crippen LogP contribution in [0, 0.1) is 0 Å². The van der Waals surface area contributed by atoms with Crippen LogP contribution in [0.25, 0.3) is 0 Å². The van der Waals surface area contributed by atoms with E-state index < -0.39 is 0 Å². The van der Waals surface area contributed by atoms with Crippen molar-refractivity contribution in [3.05, 3.63) is 0 Å². The molecular weight excluding hydrogens is 412 g/mol. The lowest BCUT2D eigenvalue weighted by Crippen LogP contribution is -2.24. The summed E-state index contributed by atoms with van der Waals surface area (Å²) >= 11 is 0. The average Bonchev–Trinajstić information content (AvgIpc) is 2.79. The Kier molecular flexibility index (Phi) is 20.6. The fraction of sp³-hybridized carbons (Fsp3) is 0.833. The zero-order chi connectivity index (χ0) is 23.9. The lowest BCUT2D eigenvalue weighted by Gasteiger charge is -2.07. The van der Waals surface area contributed by atoms with Gasteiger partial charge in [-0.1, -0.05) is 38.5 Å². The summed E-state index contributed by atoms with van der Waals surface area (Å²) in [6.07, 6.45) is 13.0. The van der Waals surface area contributed by atoms with E-state index in [0.717, 1.165) is 77.0 Å². The predicted molar refractivity (Wildman–Crippen MR) is 124 cm³/mol. The van der Waals surface area contributed by atoms with Crippen LogP contribution in [0.15, 0.2) is 0 Å². The first-order valence-electron chi connectivity index (χ1n) is 12.2. The Morgan fingerprint density at radius 3 is 1.12 bits per heavy atom. The molecule has 0 aromatic rings. The van der Waals surface area contributed by atoms with Gasteiger partial charge >= 0.3 is 11.9 Å². The molecule has 0 bridgehead atoms. The first kappa shape index (κ1) is 29.9. The maximum absolute atomic E-state index is 11.8. The molecule has 0 aromatic carbocycles. The highest BCUT2D eigenvalue weighted by atomic mass is 16.5. The number of amides is 2. The van der Waals surface area contributed by atoms with E-state index in [4.69, 9.17) is 0 Å². The van der Waals surface area contributed by atoms with Crippen molar-refractivity contribution in [2.24, 2.45) is 0 Å². The number of carbonyl (C=O) groups is 4. The van der Waals surface area contributed by atoms with Crippen LogP contribution < -0.4 is 10.6 Å². The van der Waals surface area contributed by atoms with Gasteiger partial charge in [0.15, 0.2) is 0 Å². The van der Waals surface area contributed by atoms with E-state index in [9.17, 15) is 19.2 Å². The van der Waals surface area contributed by atoms with E-state index in [0.29, 0.717) is 38.8 Å². The quantitative estimate of drug-likeness (QED) is 0.201. The zero-order valence-electron chi connectivity index (χ0n) is 20.2. The van der Waals surface area contributed by atoms with Crippen LogP contribution in [0.2, 0.25) is 0 Å². The van der Waals surface area contributed by atoms with E-state index in [1.54, 1.807) is 0 Å². The Morgan fingerprint density at radius 1 is 0.469 bits per heavy atom. The minimum atomic E-state index is -0.175. The second kappa shape index (κ2) is 22.1. The van der Waals surface area contributed by atoms with Gasteiger partial charge in [-0.25, -0.2) is 0 Å². The van der Waals surface area contributed by atoms with Crippen molar-refractivity contribution in [2.45, 2.75) is 103 Å². The molecule has 0 saturated heterocycles. The topological polar surface area (TPSA) is 111 Å². The third-order valence-electron chi connectivity index (χ3n) is 5.27. The van der Waals surface area contributed by atoms with Gasteiger partial charge in [-0.2, -0.15) is 0 Å². The van der Waals surface area contributed by atoms with Gasteiger partial charge in [-0.3, -0.25) is 19.2 Å². The Morgan fingerprint density at radius 2 is 0.781 bits per heavy atom. The number of hydrogen-bond acceptors (Lipinski definition) is 6. The van der Waals surface area contributed by atoms with Gasteiger partial charge in [0, 0.05) is 38.8 Å². The number of methoxy groups -OCH3 is 2. The second-order valence-corrected chi connectivity index (χ2v) is 8.09. The fourth-order valence-electron chi connectivity index (χ4n) is 3.26. The van der Waals surface area contributed by atoms with E-state index in [1.165, 1.54) is 14.2 Å². The molecule has 0 saturated carbocycles. The number of esters is 2. The minimum absolute atomic E-state index is 0.0931. The standard InChI is InChI=1S/C24H44N2O6/c1-31-23(29)17-11-5-3-9-15-21(27)25-19-13-7-8-14-20-26-22(28)16-10-4-6-12-18-24(30)32-2/h3-20H2,1-2H3,(H,25,27)(H,26,28). The summed E-state index contributed by atoms with van der Waals surface area (Å²) in [6.45, 7) is 1.40. The molecule has 2 amide bonds. The molecule has 32 heavy (non-hydrogen) atoms. The predicted octanol–water partition coefficient (Wildman–Crippen LogP) is 3.81. The van der Waals surface area contributed by atoms with Crippen molar-refractivity contribution in [2.75, 3.05) is 27.3 Å². The lowest BCUT2D eigenvalue weighted by atomic mass is 10.1. The summed E-state index contributed by atoms with van der Waals surface area (Å²) in [5.74, 6) is -0.165. The number of ether oxygens (including phenoxy) is 2. The molecule has 0 atom stereocenters. The summed E-state index contributed by atoms with van der Waals surface area (Å²) < 4.78 is 9.18. The van der Waals surface area contributed by atoms with E-state index in [1.807, 2.05) is 0 Å². The van der Waals surface area contributed by atoms with Crippen molar-refractivity contribution in [1.82, 2.24) is 10.6 Å². The van der Waals surface area contributed by atoms with Gasteiger partial charge in [-0.05, 0) is 38.5 Å². The normalized spacial score (nSPS) is 10.4. The summed E-state index contributed by atoms with van der Waals surface area (Å²) in [5.41, 5.74) is 0. The van der Waals surface area contributed by atoms with E-state index >= 15 is 0 Å². The van der Waals surface area contributed by atoms with Crippen molar-refractivity contribution in [1.29, 1.82) is 0 Å². The maximum Gasteiger partial charge on any atom is 0.305 e. The molecule has 0 aromatic heterocycles. The first-order valence-corrected chi connectivity index (χ1v) is 12.2. The zero-order valence-corrected chi connectivity index (χ0v) is 20.2. The van der Waals surface area contributed by atoms with Crippen molar-refractivity contribution < 1.29 is 28.7 Å². The molecule has 8 heteroatoms.